The van der Waals surface area contributed by atoms with Crippen LogP contribution in [-0.2, 0) is 11.2 Å². The molecular weight excluding hydrogens is 579 g/mol. The first kappa shape index (κ1) is 23.0. The maximum Gasteiger partial charge on any atom is 0.216 e. The van der Waals surface area contributed by atoms with Gasteiger partial charge in [-0.05, 0) is 65.4 Å². The molecule has 0 atom stereocenters. The average Bonchev–Trinajstić information content (AvgIpc) is 3.13. The van der Waals surface area contributed by atoms with Gasteiger partial charge in [-0.3, -0.25) is 14.2 Å². The Morgan fingerprint density at radius 3 is 2.47 bits per heavy atom. The van der Waals surface area contributed by atoms with E-state index >= 15 is 0 Å². The molecule has 0 aliphatic heterocycles. The van der Waals surface area contributed by atoms with Crippen molar-refractivity contribution in [1.82, 2.24) is 20.1 Å². The van der Waals surface area contributed by atoms with Crippen molar-refractivity contribution in [2.75, 3.05) is 12.3 Å². The lowest BCUT2D eigenvalue weighted by Crippen LogP contribution is -2.21. The number of ketones is 1. The van der Waals surface area contributed by atoms with Crippen LogP contribution in [0.2, 0.25) is 0 Å². The van der Waals surface area contributed by atoms with Crippen LogP contribution in [0.3, 0.4) is 0 Å². The molecule has 0 spiro atoms. The minimum absolute atomic E-state index is 0.0465. The molecule has 1 heterocycles. The number of aryl methyl sites for hydroxylation is 1. The molecule has 1 aromatic heterocycles. The maximum atomic E-state index is 12.6. The van der Waals surface area contributed by atoms with Gasteiger partial charge in [0, 0.05) is 39.2 Å². The van der Waals surface area contributed by atoms with Crippen LogP contribution < -0.4 is 5.32 Å². The summed E-state index contributed by atoms with van der Waals surface area (Å²) < 4.78 is 4.05. The fourth-order valence-corrected chi connectivity index (χ4v) is 4.25. The second-order valence-electron chi connectivity index (χ2n) is 6.52. The van der Waals surface area contributed by atoms with Crippen LogP contribution in [0.25, 0.3) is 5.69 Å². The number of Topliss-reactive ketones (excluding diaryl/α,β-unsaturated/α-hetero) is 1. The van der Waals surface area contributed by atoms with Gasteiger partial charge in [0.1, 0.15) is 5.82 Å². The van der Waals surface area contributed by atoms with Crippen molar-refractivity contribution < 1.29 is 9.59 Å². The van der Waals surface area contributed by atoms with E-state index in [4.69, 9.17) is 0 Å². The fraction of sp³-hybridized carbons (Fsp3) is 0.238. The average molecular weight is 599 g/mol. The zero-order chi connectivity index (χ0) is 21.5. The van der Waals surface area contributed by atoms with Gasteiger partial charge in [-0.15, -0.1) is 10.2 Å². The molecule has 9 heteroatoms. The highest BCUT2D eigenvalue weighted by Gasteiger charge is 2.16. The second-order valence-corrected chi connectivity index (χ2v) is 9.62. The van der Waals surface area contributed by atoms with E-state index in [1.54, 1.807) is 0 Å². The van der Waals surface area contributed by atoms with E-state index in [-0.39, 0.29) is 17.4 Å². The summed E-state index contributed by atoms with van der Waals surface area (Å²) >= 11 is 7.05. The summed E-state index contributed by atoms with van der Waals surface area (Å²) in [6, 6.07) is 15.4. The molecule has 1 N–H and O–H groups in total. The molecule has 1 amide bonds. The first-order valence-corrected chi connectivity index (χ1v) is 12.2. The van der Waals surface area contributed by atoms with Crippen molar-refractivity contribution in [3.8, 4) is 5.69 Å². The summed E-state index contributed by atoms with van der Waals surface area (Å²) in [6.45, 7) is 2.08. The molecule has 0 aliphatic rings. The molecule has 0 fully saturated rings. The number of amides is 1. The zero-order valence-electron chi connectivity index (χ0n) is 16.3. The first-order valence-electron chi connectivity index (χ1n) is 9.30. The van der Waals surface area contributed by atoms with Crippen molar-refractivity contribution in [3.63, 3.8) is 0 Å². The lowest BCUT2D eigenvalue weighted by atomic mass is 10.2. The molecule has 0 aliphatic carbocycles. The van der Waals surface area contributed by atoms with Crippen LogP contribution in [0.5, 0.6) is 0 Å². The molecule has 156 valence electrons. The molecule has 0 saturated carbocycles. The Kier molecular flexibility index (Phi) is 8.46. The highest BCUT2D eigenvalue weighted by Crippen LogP contribution is 2.25. The Morgan fingerprint density at radius 2 is 1.80 bits per heavy atom. The molecule has 2 aromatic carbocycles. The van der Waals surface area contributed by atoms with E-state index in [2.05, 4.69) is 54.0 Å². The largest absolute Gasteiger partial charge is 0.356 e. The predicted molar refractivity (Wildman–Crippen MR) is 130 cm³/mol. The number of halogens is 2. The predicted octanol–water partition coefficient (Wildman–Crippen LogP) is 4.68. The number of rotatable bonds is 9. The van der Waals surface area contributed by atoms with Gasteiger partial charge in [-0.2, -0.15) is 0 Å². The number of carbonyl (C=O) groups is 2. The highest BCUT2D eigenvalue weighted by molar-refractivity contribution is 14.1. The minimum Gasteiger partial charge on any atom is -0.356 e. The van der Waals surface area contributed by atoms with Gasteiger partial charge in [-0.1, -0.05) is 39.8 Å². The van der Waals surface area contributed by atoms with Gasteiger partial charge in [0.15, 0.2) is 10.9 Å². The standard InChI is InChI=1S/C21H20BrIN4O2S/c1-14(28)24-12-2-3-20-25-26-21(27(20)18-10-6-16(22)7-11-18)30-13-19(29)15-4-8-17(23)9-5-15/h4-11H,2-3,12-13H2,1H3,(H,24,28). The van der Waals surface area contributed by atoms with Crippen LogP contribution in [0.1, 0.15) is 29.5 Å². The van der Waals surface area contributed by atoms with Gasteiger partial charge in [0.2, 0.25) is 5.91 Å². The Hall–Kier alpha value is -1.72. The normalized spacial score (nSPS) is 10.8. The molecule has 0 bridgehead atoms. The third-order valence-electron chi connectivity index (χ3n) is 4.23. The van der Waals surface area contributed by atoms with E-state index in [0.717, 1.165) is 26.0 Å². The van der Waals surface area contributed by atoms with Crippen LogP contribution in [0.15, 0.2) is 58.2 Å². The number of carbonyl (C=O) groups excluding carboxylic acids is 2. The van der Waals surface area contributed by atoms with Gasteiger partial charge >= 0.3 is 0 Å². The third-order valence-corrected chi connectivity index (χ3v) is 6.41. The Labute approximate surface area is 201 Å². The Bertz CT molecular complexity index is 1020. The lowest BCUT2D eigenvalue weighted by molar-refractivity contribution is -0.118. The summed E-state index contributed by atoms with van der Waals surface area (Å²) in [5.74, 6) is 1.08. The highest BCUT2D eigenvalue weighted by atomic mass is 127. The van der Waals surface area contributed by atoms with Crippen molar-refractivity contribution in [3.05, 3.63) is 68.0 Å². The molecule has 0 radical (unpaired) electrons. The van der Waals surface area contributed by atoms with Crippen LogP contribution in [0, 0.1) is 3.57 Å². The summed E-state index contributed by atoms with van der Waals surface area (Å²) in [7, 11) is 0. The minimum atomic E-state index is -0.0465. The quantitative estimate of drug-likeness (QED) is 0.168. The number of nitrogens with one attached hydrogen (secondary N) is 1. The molecule has 3 aromatic rings. The van der Waals surface area contributed by atoms with Crippen LogP contribution in [-0.4, -0.2) is 38.8 Å². The number of thioether (sulfide) groups is 1. The molecular formula is C21H20BrIN4O2S. The van der Waals surface area contributed by atoms with Crippen molar-refractivity contribution in [2.24, 2.45) is 0 Å². The van der Waals surface area contributed by atoms with E-state index in [0.29, 0.717) is 23.7 Å². The monoisotopic (exact) mass is 598 g/mol. The molecule has 3 rings (SSSR count). The lowest BCUT2D eigenvalue weighted by Gasteiger charge is -2.10. The SMILES string of the molecule is CC(=O)NCCCc1nnc(SCC(=O)c2ccc(I)cc2)n1-c1ccc(Br)cc1. The van der Waals surface area contributed by atoms with Crippen LogP contribution >= 0.6 is 50.3 Å². The fourth-order valence-electron chi connectivity index (χ4n) is 2.77. The topological polar surface area (TPSA) is 76.9 Å². The summed E-state index contributed by atoms with van der Waals surface area (Å²) in [5, 5.41) is 12.2. The van der Waals surface area contributed by atoms with E-state index < -0.39 is 0 Å². The summed E-state index contributed by atoms with van der Waals surface area (Å²) in [5.41, 5.74) is 1.62. The van der Waals surface area contributed by atoms with Gasteiger partial charge in [-0.25, -0.2) is 0 Å². The number of hydrogen-bond donors (Lipinski definition) is 1. The maximum absolute atomic E-state index is 12.6. The van der Waals surface area contributed by atoms with Gasteiger partial charge in [0.05, 0.1) is 5.75 Å². The van der Waals surface area contributed by atoms with Crippen molar-refractivity contribution in [1.29, 1.82) is 0 Å². The van der Waals surface area contributed by atoms with Crippen molar-refractivity contribution in [2.45, 2.75) is 24.9 Å². The Morgan fingerprint density at radius 1 is 1.10 bits per heavy atom. The number of hydrogen-bond acceptors (Lipinski definition) is 5. The molecule has 0 saturated heterocycles. The molecule has 6 nitrogen and oxygen atoms in total. The third kappa shape index (κ3) is 6.39. The second kappa shape index (κ2) is 11.1. The van der Waals surface area contributed by atoms with Crippen molar-refractivity contribution >= 4 is 62.0 Å². The Balaban J connectivity index is 1.77. The number of benzene rings is 2. The van der Waals surface area contributed by atoms with E-state index in [1.165, 1.54) is 18.7 Å². The van der Waals surface area contributed by atoms with Gasteiger partial charge in [0.25, 0.3) is 0 Å². The molecule has 30 heavy (non-hydrogen) atoms. The van der Waals surface area contributed by atoms with Gasteiger partial charge < -0.3 is 5.32 Å². The zero-order valence-corrected chi connectivity index (χ0v) is 20.8. The van der Waals surface area contributed by atoms with E-state index in [9.17, 15) is 9.59 Å². The molecule has 0 unspecified atom stereocenters. The summed E-state index contributed by atoms with van der Waals surface area (Å²) in [6.07, 6.45) is 1.41. The van der Waals surface area contributed by atoms with Crippen LogP contribution in [0.4, 0.5) is 0 Å². The number of aromatic nitrogens is 3. The van der Waals surface area contributed by atoms with E-state index in [1.807, 2.05) is 53.1 Å². The number of nitrogens with zero attached hydrogens (tertiary/aromatic N) is 3. The smallest absolute Gasteiger partial charge is 0.216 e. The first-order chi connectivity index (χ1) is 14.4. The summed E-state index contributed by atoms with van der Waals surface area (Å²) in [4.78, 5) is 23.7.